The topological polar surface area (TPSA) is 90.3 Å². The van der Waals surface area contributed by atoms with Crippen molar-refractivity contribution < 1.29 is 9.90 Å². The molecule has 1 heterocycles. The van der Waals surface area contributed by atoms with Crippen LogP contribution in [0.5, 0.6) is 0 Å². The Morgan fingerprint density at radius 3 is 2.44 bits per heavy atom. The summed E-state index contributed by atoms with van der Waals surface area (Å²) in [5.74, 6) is -1.24. The van der Waals surface area contributed by atoms with Crippen LogP contribution >= 0.6 is 0 Å². The number of carboxylic acids is 1. The number of aromatic amines is 1. The molecule has 0 aliphatic heterocycles. The number of nitrogens with zero attached hydrogens (tertiary/aromatic N) is 2. The molecule has 3 rings (SSSR count). The van der Waals surface area contributed by atoms with E-state index in [0.717, 1.165) is 11.3 Å². The molecule has 0 amide bonds. The summed E-state index contributed by atoms with van der Waals surface area (Å²) in [5, 5.41) is 13.8. The first kappa shape index (κ1) is 16.4. The molecule has 1 N–H and O–H groups in total. The van der Waals surface area contributed by atoms with Crippen molar-refractivity contribution in [3.63, 3.8) is 0 Å². The van der Waals surface area contributed by atoms with Gasteiger partial charge in [0.05, 0.1) is 22.9 Å². The SMILES string of the molecule is Cc1ccccc1-n1[nH]c(C)c(C=Nc2ccc(C(=O)[O-])cc2)c1=O. The van der Waals surface area contributed by atoms with Crippen molar-refractivity contribution in [1.82, 2.24) is 9.78 Å². The average molecular weight is 334 g/mol. The third-order valence-electron chi connectivity index (χ3n) is 3.92. The van der Waals surface area contributed by atoms with Crippen LogP contribution in [0.3, 0.4) is 0 Å². The number of aromatic nitrogens is 2. The summed E-state index contributed by atoms with van der Waals surface area (Å²) in [5.41, 5.74) is 3.35. The minimum atomic E-state index is -1.24. The van der Waals surface area contributed by atoms with Crippen LogP contribution < -0.4 is 10.7 Å². The molecule has 6 heteroatoms. The fraction of sp³-hybridized carbons (Fsp3) is 0.105. The van der Waals surface area contributed by atoms with Crippen molar-refractivity contribution in [3.8, 4) is 5.69 Å². The van der Waals surface area contributed by atoms with Crippen molar-refractivity contribution in [2.75, 3.05) is 0 Å². The molecular weight excluding hydrogens is 318 g/mol. The van der Waals surface area contributed by atoms with Gasteiger partial charge in [-0.1, -0.05) is 30.3 Å². The van der Waals surface area contributed by atoms with E-state index in [2.05, 4.69) is 10.1 Å². The van der Waals surface area contributed by atoms with Crippen molar-refractivity contribution >= 4 is 17.9 Å². The number of rotatable bonds is 4. The highest BCUT2D eigenvalue weighted by molar-refractivity contribution is 5.87. The smallest absolute Gasteiger partial charge is 0.280 e. The van der Waals surface area contributed by atoms with Gasteiger partial charge in [-0.2, -0.15) is 0 Å². The summed E-state index contributed by atoms with van der Waals surface area (Å²) < 4.78 is 1.49. The molecule has 1 aromatic heterocycles. The number of aliphatic imine (C=N–C) groups is 1. The van der Waals surface area contributed by atoms with E-state index in [1.54, 1.807) is 19.1 Å². The van der Waals surface area contributed by atoms with E-state index < -0.39 is 5.97 Å². The summed E-state index contributed by atoms with van der Waals surface area (Å²) in [6.45, 7) is 3.74. The Morgan fingerprint density at radius 1 is 1.12 bits per heavy atom. The first-order valence-electron chi connectivity index (χ1n) is 7.70. The van der Waals surface area contributed by atoms with E-state index in [9.17, 15) is 14.7 Å². The van der Waals surface area contributed by atoms with Crippen LogP contribution in [0.2, 0.25) is 0 Å². The number of H-pyrrole nitrogens is 1. The lowest BCUT2D eigenvalue weighted by molar-refractivity contribution is -0.255. The van der Waals surface area contributed by atoms with Gasteiger partial charge in [0.2, 0.25) is 0 Å². The zero-order valence-electron chi connectivity index (χ0n) is 13.8. The first-order valence-corrected chi connectivity index (χ1v) is 7.70. The number of para-hydroxylation sites is 1. The highest BCUT2D eigenvalue weighted by atomic mass is 16.4. The second-order valence-electron chi connectivity index (χ2n) is 5.67. The van der Waals surface area contributed by atoms with Gasteiger partial charge >= 0.3 is 0 Å². The van der Waals surface area contributed by atoms with Crippen LogP contribution in [0.1, 0.15) is 27.2 Å². The Labute approximate surface area is 144 Å². The van der Waals surface area contributed by atoms with E-state index in [1.807, 2.05) is 31.2 Å². The monoisotopic (exact) mass is 334 g/mol. The van der Waals surface area contributed by atoms with E-state index in [4.69, 9.17) is 0 Å². The number of benzene rings is 2. The van der Waals surface area contributed by atoms with Gasteiger partial charge in [-0.15, -0.1) is 0 Å². The summed E-state index contributed by atoms with van der Waals surface area (Å²) in [4.78, 5) is 27.7. The lowest BCUT2D eigenvalue weighted by atomic mass is 10.2. The van der Waals surface area contributed by atoms with Crippen LogP contribution in [-0.4, -0.2) is 22.0 Å². The maximum atomic E-state index is 12.7. The Kier molecular flexibility index (Phi) is 4.35. The lowest BCUT2D eigenvalue weighted by Gasteiger charge is -2.04. The zero-order chi connectivity index (χ0) is 18.0. The molecule has 0 spiro atoms. The predicted octanol–water partition coefficient (Wildman–Crippen LogP) is 1.90. The number of carbonyl (C=O) groups is 1. The molecule has 126 valence electrons. The summed E-state index contributed by atoms with van der Waals surface area (Å²) >= 11 is 0. The molecule has 6 nitrogen and oxygen atoms in total. The van der Waals surface area contributed by atoms with E-state index in [-0.39, 0.29) is 11.1 Å². The number of nitrogens with one attached hydrogen (secondary N) is 1. The van der Waals surface area contributed by atoms with Gasteiger partial charge in [-0.25, -0.2) is 4.68 Å². The first-order chi connectivity index (χ1) is 12.0. The number of carbonyl (C=O) groups excluding carboxylic acids is 1. The molecule has 0 saturated heterocycles. The van der Waals surface area contributed by atoms with Crippen molar-refractivity contribution in [2.45, 2.75) is 13.8 Å². The lowest BCUT2D eigenvalue weighted by Crippen LogP contribution is -2.21. The Bertz CT molecular complexity index is 1010. The zero-order valence-corrected chi connectivity index (χ0v) is 13.8. The molecule has 0 fully saturated rings. The summed E-state index contributed by atoms with van der Waals surface area (Å²) in [6, 6.07) is 13.5. The third kappa shape index (κ3) is 3.28. The number of aromatic carboxylic acids is 1. The summed E-state index contributed by atoms with van der Waals surface area (Å²) in [7, 11) is 0. The second-order valence-corrected chi connectivity index (χ2v) is 5.67. The minimum Gasteiger partial charge on any atom is -0.545 e. The van der Waals surface area contributed by atoms with Gasteiger partial charge < -0.3 is 9.90 Å². The van der Waals surface area contributed by atoms with Crippen molar-refractivity contribution in [3.05, 3.63) is 81.3 Å². The Hall–Kier alpha value is -3.41. The van der Waals surface area contributed by atoms with Crippen LogP contribution in [0.4, 0.5) is 5.69 Å². The minimum absolute atomic E-state index is 0.0821. The molecule has 0 unspecified atom stereocenters. The van der Waals surface area contributed by atoms with Gasteiger partial charge in [0.1, 0.15) is 0 Å². The van der Waals surface area contributed by atoms with Gasteiger partial charge in [0.15, 0.2) is 0 Å². The maximum absolute atomic E-state index is 12.7. The Morgan fingerprint density at radius 2 is 1.80 bits per heavy atom. The largest absolute Gasteiger partial charge is 0.545 e. The van der Waals surface area contributed by atoms with Crippen molar-refractivity contribution in [1.29, 1.82) is 0 Å². The third-order valence-corrected chi connectivity index (χ3v) is 3.92. The second kappa shape index (κ2) is 6.60. The molecule has 0 bridgehead atoms. The maximum Gasteiger partial charge on any atom is 0.280 e. The van der Waals surface area contributed by atoms with Crippen LogP contribution in [0.15, 0.2) is 58.3 Å². The molecule has 3 aromatic rings. The molecule has 25 heavy (non-hydrogen) atoms. The van der Waals surface area contributed by atoms with Crippen molar-refractivity contribution in [2.24, 2.45) is 4.99 Å². The van der Waals surface area contributed by atoms with E-state index in [1.165, 1.54) is 23.0 Å². The van der Waals surface area contributed by atoms with Crippen LogP contribution in [-0.2, 0) is 0 Å². The molecule has 0 atom stereocenters. The molecular formula is C19H16N3O3-. The highest BCUT2D eigenvalue weighted by Crippen LogP contribution is 2.14. The highest BCUT2D eigenvalue weighted by Gasteiger charge is 2.11. The number of aryl methyl sites for hydroxylation is 2. The molecule has 0 aliphatic rings. The normalized spacial score (nSPS) is 11.1. The van der Waals surface area contributed by atoms with E-state index in [0.29, 0.717) is 16.9 Å². The molecule has 0 aliphatic carbocycles. The fourth-order valence-corrected chi connectivity index (χ4v) is 2.52. The number of hydrogen-bond acceptors (Lipinski definition) is 4. The molecule has 2 aromatic carbocycles. The van der Waals surface area contributed by atoms with Gasteiger partial charge in [-0.05, 0) is 43.2 Å². The Balaban J connectivity index is 1.95. The fourth-order valence-electron chi connectivity index (χ4n) is 2.52. The number of carboxylic acid groups (broad SMARTS) is 1. The molecule has 0 radical (unpaired) electrons. The van der Waals surface area contributed by atoms with Gasteiger partial charge in [0, 0.05) is 11.9 Å². The van der Waals surface area contributed by atoms with E-state index >= 15 is 0 Å². The summed E-state index contributed by atoms with van der Waals surface area (Å²) in [6.07, 6.45) is 1.48. The van der Waals surface area contributed by atoms with Crippen LogP contribution in [0, 0.1) is 13.8 Å². The quantitative estimate of drug-likeness (QED) is 0.739. The number of hydrogen-bond donors (Lipinski definition) is 1. The van der Waals surface area contributed by atoms with Gasteiger partial charge in [-0.3, -0.25) is 14.9 Å². The predicted molar refractivity (Wildman–Crippen MR) is 93.9 cm³/mol. The standard InChI is InChI=1S/C19H17N3O3/c1-12-5-3-4-6-17(12)22-18(23)16(13(2)21-22)11-20-15-9-7-14(8-10-15)19(24)25/h3-11,21H,1-2H3,(H,24,25)/p-1. The van der Waals surface area contributed by atoms with Gasteiger partial charge in [0.25, 0.3) is 5.56 Å². The molecule has 0 saturated carbocycles. The van der Waals surface area contributed by atoms with Crippen LogP contribution in [0.25, 0.3) is 5.69 Å². The average Bonchev–Trinajstić information content (AvgIpc) is 2.88.